The lowest BCUT2D eigenvalue weighted by Crippen LogP contribution is -2.16. The highest BCUT2D eigenvalue weighted by Gasteiger charge is 2.26. The fourth-order valence-electron chi connectivity index (χ4n) is 1.92. The SMILES string of the molecule is CCOC(=O)c1nnc2n1-c1cc(Cl)ccc1SC2. The zero-order valence-electron chi connectivity index (χ0n) is 10.1. The van der Waals surface area contributed by atoms with Gasteiger partial charge in [-0.2, -0.15) is 0 Å². The quantitative estimate of drug-likeness (QED) is 0.797. The largest absolute Gasteiger partial charge is 0.460 e. The standard InChI is InChI=1S/C12H10ClN3O2S/c1-2-18-12(17)11-15-14-10-6-19-9-4-3-7(13)5-8(9)16(10)11/h3-5H,2,6H2,1H3. The molecular formula is C12H10ClN3O2S. The normalized spacial score (nSPS) is 12.7. The molecule has 0 unspecified atom stereocenters. The van der Waals surface area contributed by atoms with Gasteiger partial charge in [0.05, 0.1) is 18.0 Å². The molecule has 0 amide bonds. The molecule has 1 aliphatic rings. The summed E-state index contributed by atoms with van der Waals surface area (Å²) in [6.07, 6.45) is 0. The highest BCUT2D eigenvalue weighted by Crippen LogP contribution is 2.36. The van der Waals surface area contributed by atoms with E-state index in [1.165, 1.54) is 0 Å². The van der Waals surface area contributed by atoms with Crippen LogP contribution in [0, 0.1) is 0 Å². The highest BCUT2D eigenvalue weighted by molar-refractivity contribution is 7.98. The second kappa shape index (κ2) is 4.86. The number of rotatable bonds is 2. The number of nitrogens with zero attached hydrogens (tertiary/aromatic N) is 3. The summed E-state index contributed by atoms with van der Waals surface area (Å²) in [6, 6.07) is 5.56. The Hall–Kier alpha value is -1.53. The van der Waals surface area contributed by atoms with Gasteiger partial charge in [0.25, 0.3) is 0 Å². The molecule has 0 saturated carbocycles. The maximum atomic E-state index is 11.9. The third kappa shape index (κ3) is 2.11. The molecule has 0 radical (unpaired) electrons. The Labute approximate surface area is 118 Å². The van der Waals surface area contributed by atoms with Gasteiger partial charge in [0, 0.05) is 9.92 Å². The molecule has 2 heterocycles. The number of halogens is 1. The minimum absolute atomic E-state index is 0.195. The molecule has 0 bridgehead atoms. The summed E-state index contributed by atoms with van der Waals surface area (Å²) in [5.41, 5.74) is 0.826. The van der Waals surface area contributed by atoms with Crippen LogP contribution >= 0.6 is 23.4 Å². The second-order valence-corrected chi connectivity index (χ2v) is 5.35. The molecule has 0 atom stereocenters. The number of fused-ring (bicyclic) bond motifs is 3. The summed E-state index contributed by atoms with van der Waals surface area (Å²) in [6.45, 7) is 2.06. The van der Waals surface area contributed by atoms with E-state index in [1.807, 2.05) is 12.1 Å². The lowest BCUT2D eigenvalue weighted by Gasteiger charge is -2.18. The highest BCUT2D eigenvalue weighted by atomic mass is 35.5. The van der Waals surface area contributed by atoms with Crippen LogP contribution in [0.25, 0.3) is 5.69 Å². The molecule has 19 heavy (non-hydrogen) atoms. The van der Waals surface area contributed by atoms with E-state index in [-0.39, 0.29) is 5.82 Å². The first-order valence-electron chi connectivity index (χ1n) is 5.75. The molecule has 3 rings (SSSR count). The number of ether oxygens (including phenoxy) is 1. The van der Waals surface area contributed by atoms with Gasteiger partial charge in [0.15, 0.2) is 0 Å². The molecule has 0 saturated heterocycles. The van der Waals surface area contributed by atoms with Crippen molar-refractivity contribution in [3.05, 3.63) is 34.9 Å². The van der Waals surface area contributed by atoms with Crippen LogP contribution in [0.5, 0.6) is 0 Å². The molecule has 0 N–H and O–H groups in total. The number of carbonyl (C=O) groups excluding carboxylic acids is 1. The summed E-state index contributed by atoms with van der Waals surface area (Å²) in [4.78, 5) is 12.9. The monoisotopic (exact) mass is 295 g/mol. The lowest BCUT2D eigenvalue weighted by atomic mass is 10.3. The van der Waals surface area contributed by atoms with Gasteiger partial charge < -0.3 is 4.74 Å². The Bertz CT molecular complexity index is 656. The van der Waals surface area contributed by atoms with Crippen molar-refractivity contribution < 1.29 is 9.53 Å². The van der Waals surface area contributed by atoms with E-state index in [9.17, 15) is 4.79 Å². The third-order valence-electron chi connectivity index (χ3n) is 2.71. The molecular weight excluding hydrogens is 286 g/mol. The Kier molecular flexibility index (Phi) is 3.20. The second-order valence-electron chi connectivity index (χ2n) is 3.90. The fraction of sp³-hybridized carbons (Fsp3) is 0.250. The molecule has 1 aromatic heterocycles. The number of aromatic nitrogens is 3. The predicted octanol–water partition coefficient (Wildman–Crippen LogP) is 2.70. The van der Waals surface area contributed by atoms with Gasteiger partial charge in [-0.1, -0.05) is 11.6 Å². The Morgan fingerprint density at radius 3 is 3.16 bits per heavy atom. The first-order valence-corrected chi connectivity index (χ1v) is 7.11. The van der Waals surface area contributed by atoms with E-state index >= 15 is 0 Å². The number of carbonyl (C=O) groups is 1. The molecule has 0 aliphatic carbocycles. The first-order chi connectivity index (χ1) is 9.20. The summed E-state index contributed by atoms with van der Waals surface area (Å²) in [5, 5.41) is 8.57. The van der Waals surface area contributed by atoms with E-state index in [4.69, 9.17) is 16.3 Å². The van der Waals surface area contributed by atoms with Crippen LogP contribution in [0.4, 0.5) is 0 Å². The van der Waals surface area contributed by atoms with E-state index in [1.54, 1.807) is 29.3 Å². The molecule has 7 heteroatoms. The Morgan fingerprint density at radius 1 is 1.53 bits per heavy atom. The van der Waals surface area contributed by atoms with Crippen molar-refractivity contribution in [1.82, 2.24) is 14.8 Å². The van der Waals surface area contributed by atoms with Crippen LogP contribution in [0.15, 0.2) is 23.1 Å². The fourth-order valence-corrected chi connectivity index (χ4v) is 3.02. The van der Waals surface area contributed by atoms with Crippen LogP contribution in [0.2, 0.25) is 5.02 Å². The predicted molar refractivity (Wildman–Crippen MR) is 71.9 cm³/mol. The van der Waals surface area contributed by atoms with Crippen LogP contribution in [-0.2, 0) is 10.5 Å². The molecule has 1 aliphatic heterocycles. The van der Waals surface area contributed by atoms with Gasteiger partial charge in [-0.15, -0.1) is 22.0 Å². The summed E-state index contributed by atoms with van der Waals surface area (Å²) in [7, 11) is 0. The number of hydrogen-bond acceptors (Lipinski definition) is 5. The minimum Gasteiger partial charge on any atom is -0.460 e. The maximum Gasteiger partial charge on any atom is 0.376 e. The summed E-state index contributed by atoms with van der Waals surface area (Å²) in [5.74, 6) is 1.11. The average molecular weight is 296 g/mol. The van der Waals surface area contributed by atoms with E-state index < -0.39 is 5.97 Å². The van der Waals surface area contributed by atoms with Crippen LogP contribution < -0.4 is 0 Å². The van der Waals surface area contributed by atoms with Crippen molar-refractivity contribution in [1.29, 1.82) is 0 Å². The van der Waals surface area contributed by atoms with Gasteiger partial charge in [-0.25, -0.2) is 4.79 Å². The maximum absolute atomic E-state index is 11.9. The van der Waals surface area contributed by atoms with Gasteiger partial charge in [0.1, 0.15) is 5.82 Å². The third-order valence-corrected chi connectivity index (χ3v) is 4.00. The zero-order valence-corrected chi connectivity index (χ0v) is 11.7. The molecule has 98 valence electrons. The number of hydrogen-bond donors (Lipinski definition) is 0. The van der Waals surface area contributed by atoms with E-state index in [0.717, 1.165) is 16.4 Å². The van der Waals surface area contributed by atoms with Crippen molar-refractivity contribution in [2.24, 2.45) is 0 Å². The van der Waals surface area contributed by atoms with Gasteiger partial charge in [-0.05, 0) is 25.1 Å². The zero-order chi connectivity index (χ0) is 13.4. The van der Waals surface area contributed by atoms with Crippen molar-refractivity contribution in [3.63, 3.8) is 0 Å². The molecule has 5 nitrogen and oxygen atoms in total. The van der Waals surface area contributed by atoms with Crippen molar-refractivity contribution in [3.8, 4) is 5.69 Å². The smallest absolute Gasteiger partial charge is 0.376 e. The van der Waals surface area contributed by atoms with Gasteiger partial charge in [0.2, 0.25) is 5.82 Å². The van der Waals surface area contributed by atoms with Crippen LogP contribution in [0.1, 0.15) is 23.4 Å². The Morgan fingerprint density at radius 2 is 2.37 bits per heavy atom. The number of esters is 1. The van der Waals surface area contributed by atoms with Crippen molar-refractivity contribution in [2.45, 2.75) is 17.6 Å². The lowest BCUT2D eigenvalue weighted by molar-refractivity contribution is 0.0509. The van der Waals surface area contributed by atoms with E-state index in [2.05, 4.69) is 10.2 Å². The van der Waals surface area contributed by atoms with Crippen LogP contribution in [-0.4, -0.2) is 27.3 Å². The number of thioether (sulfide) groups is 1. The van der Waals surface area contributed by atoms with Crippen LogP contribution in [0.3, 0.4) is 0 Å². The summed E-state index contributed by atoms with van der Waals surface area (Å²) >= 11 is 7.67. The minimum atomic E-state index is -0.473. The van der Waals surface area contributed by atoms with Crippen molar-refractivity contribution >= 4 is 29.3 Å². The molecule has 2 aromatic rings. The first kappa shape index (κ1) is 12.5. The van der Waals surface area contributed by atoms with Crippen molar-refractivity contribution in [2.75, 3.05) is 6.61 Å². The Balaban J connectivity index is 2.15. The molecule has 0 spiro atoms. The molecule has 0 fully saturated rings. The topological polar surface area (TPSA) is 57.0 Å². The average Bonchev–Trinajstić information content (AvgIpc) is 2.83. The summed E-state index contributed by atoms with van der Waals surface area (Å²) < 4.78 is 6.71. The molecule has 1 aromatic carbocycles. The van der Waals surface area contributed by atoms with E-state index in [0.29, 0.717) is 17.4 Å². The number of benzene rings is 1. The van der Waals surface area contributed by atoms with Gasteiger partial charge >= 0.3 is 5.97 Å². The van der Waals surface area contributed by atoms with Gasteiger partial charge in [-0.3, -0.25) is 4.57 Å².